The highest BCUT2D eigenvalue weighted by molar-refractivity contribution is 5.78. The largest absolute Gasteiger partial charge is 0.438 e. The maximum absolute atomic E-state index is 12.2. The van der Waals surface area contributed by atoms with E-state index in [1.54, 1.807) is 14.0 Å². The number of Topliss-reactive ketones (excluding diaryl/α,β-unsaturated/α-hetero) is 1. The lowest BCUT2D eigenvalue weighted by Crippen LogP contribution is -2.29. The van der Waals surface area contributed by atoms with Gasteiger partial charge in [-0.3, -0.25) is 14.4 Å². The van der Waals surface area contributed by atoms with Crippen LogP contribution in [0.25, 0.3) is 0 Å². The Labute approximate surface area is 178 Å². The molecule has 2 fully saturated rings. The van der Waals surface area contributed by atoms with Gasteiger partial charge in [0, 0.05) is 13.0 Å². The molecule has 0 aliphatic heterocycles. The fourth-order valence-electron chi connectivity index (χ4n) is 4.15. The number of hydrogen-bond acceptors (Lipinski definition) is 8. The van der Waals surface area contributed by atoms with Gasteiger partial charge in [0.15, 0.2) is 13.6 Å². The number of methoxy groups -OCH3 is 1. The van der Waals surface area contributed by atoms with Crippen molar-refractivity contribution in [3.05, 3.63) is 0 Å². The molecule has 8 nitrogen and oxygen atoms in total. The summed E-state index contributed by atoms with van der Waals surface area (Å²) >= 11 is 0. The van der Waals surface area contributed by atoms with E-state index in [0.29, 0.717) is 51.4 Å². The molecule has 0 heterocycles. The zero-order valence-corrected chi connectivity index (χ0v) is 18.3. The Balaban J connectivity index is 1.52. The Morgan fingerprint density at radius 1 is 0.700 bits per heavy atom. The van der Waals surface area contributed by atoms with E-state index in [-0.39, 0.29) is 49.1 Å². The van der Waals surface area contributed by atoms with Gasteiger partial charge in [-0.25, -0.2) is 0 Å². The summed E-state index contributed by atoms with van der Waals surface area (Å²) in [5.74, 6) is -0.00859. The molecule has 0 aromatic carbocycles. The molecule has 2 aliphatic rings. The van der Waals surface area contributed by atoms with E-state index in [4.69, 9.17) is 23.7 Å². The van der Waals surface area contributed by atoms with Crippen molar-refractivity contribution < 1.29 is 38.1 Å². The van der Waals surface area contributed by atoms with Crippen LogP contribution in [0.3, 0.4) is 0 Å². The predicted octanol–water partition coefficient (Wildman–Crippen LogP) is 2.87. The Morgan fingerprint density at radius 3 is 1.70 bits per heavy atom. The van der Waals surface area contributed by atoms with Crippen LogP contribution in [0, 0.1) is 23.7 Å². The molecular formula is C22H36O8. The molecule has 0 amide bonds. The first-order valence-electron chi connectivity index (χ1n) is 11.0. The van der Waals surface area contributed by atoms with Gasteiger partial charge < -0.3 is 23.7 Å². The van der Waals surface area contributed by atoms with E-state index in [1.165, 1.54) is 0 Å². The van der Waals surface area contributed by atoms with Crippen molar-refractivity contribution in [2.24, 2.45) is 23.7 Å². The SMILES string of the molecule is COCCOCOC(=O)C1CCC(C(=O)OCOCC2CCC(C(C)=O)CC2)CC1. The van der Waals surface area contributed by atoms with Crippen molar-refractivity contribution in [1.29, 1.82) is 0 Å². The fourth-order valence-corrected chi connectivity index (χ4v) is 4.15. The Morgan fingerprint density at radius 2 is 1.20 bits per heavy atom. The van der Waals surface area contributed by atoms with E-state index in [1.807, 2.05) is 0 Å². The van der Waals surface area contributed by atoms with Gasteiger partial charge in [0.2, 0.25) is 0 Å². The molecule has 8 heteroatoms. The first-order valence-corrected chi connectivity index (χ1v) is 11.0. The number of ketones is 1. The van der Waals surface area contributed by atoms with E-state index >= 15 is 0 Å². The first-order chi connectivity index (χ1) is 14.5. The Bertz CT molecular complexity index is 533. The highest BCUT2D eigenvalue weighted by Gasteiger charge is 2.32. The van der Waals surface area contributed by atoms with Crippen molar-refractivity contribution in [2.75, 3.05) is 40.5 Å². The number of esters is 2. The number of hydrogen-bond donors (Lipinski definition) is 0. The number of ether oxygens (including phenoxy) is 5. The number of carbonyl (C=O) groups is 3. The van der Waals surface area contributed by atoms with E-state index in [9.17, 15) is 14.4 Å². The molecule has 0 radical (unpaired) electrons. The predicted molar refractivity (Wildman–Crippen MR) is 107 cm³/mol. The van der Waals surface area contributed by atoms with Crippen LogP contribution in [0.1, 0.15) is 58.3 Å². The standard InChI is InChI=1S/C22H36O8/c1-16(23)18-5-3-17(4-6-18)13-28-15-30-22(25)20-9-7-19(8-10-20)21(24)29-14-27-12-11-26-2/h17-20H,3-15H2,1-2H3. The molecule has 0 aromatic rings. The molecule has 30 heavy (non-hydrogen) atoms. The summed E-state index contributed by atoms with van der Waals surface area (Å²) in [5.41, 5.74) is 0. The van der Waals surface area contributed by atoms with Crippen molar-refractivity contribution >= 4 is 17.7 Å². The second kappa shape index (κ2) is 13.7. The van der Waals surface area contributed by atoms with Gasteiger partial charge in [-0.05, 0) is 64.2 Å². The zero-order valence-electron chi connectivity index (χ0n) is 18.3. The topological polar surface area (TPSA) is 97.4 Å². The van der Waals surface area contributed by atoms with Gasteiger partial charge in [0.25, 0.3) is 0 Å². The van der Waals surface area contributed by atoms with Crippen LogP contribution in [0.15, 0.2) is 0 Å². The molecule has 2 rings (SSSR count). The third kappa shape index (κ3) is 8.70. The summed E-state index contributed by atoms with van der Waals surface area (Å²) < 4.78 is 25.9. The van der Waals surface area contributed by atoms with Gasteiger partial charge in [0.1, 0.15) is 5.78 Å². The maximum Gasteiger partial charge on any atom is 0.311 e. The van der Waals surface area contributed by atoms with Gasteiger partial charge in [0.05, 0.1) is 31.7 Å². The second-order valence-electron chi connectivity index (χ2n) is 8.31. The summed E-state index contributed by atoms with van der Waals surface area (Å²) in [6.07, 6.45) is 6.25. The van der Waals surface area contributed by atoms with Crippen molar-refractivity contribution in [2.45, 2.75) is 58.3 Å². The Kier molecular flexibility index (Phi) is 11.3. The molecule has 0 aromatic heterocycles. The minimum atomic E-state index is -0.276. The van der Waals surface area contributed by atoms with E-state index < -0.39 is 0 Å². The smallest absolute Gasteiger partial charge is 0.311 e. The minimum Gasteiger partial charge on any atom is -0.438 e. The molecular weight excluding hydrogens is 392 g/mol. The monoisotopic (exact) mass is 428 g/mol. The third-order valence-corrected chi connectivity index (χ3v) is 6.17. The van der Waals surface area contributed by atoms with Gasteiger partial charge >= 0.3 is 11.9 Å². The molecule has 2 aliphatic carbocycles. The van der Waals surface area contributed by atoms with Crippen LogP contribution < -0.4 is 0 Å². The lowest BCUT2D eigenvalue weighted by molar-refractivity contribution is -0.169. The average molecular weight is 429 g/mol. The quantitative estimate of drug-likeness (QED) is 0.266. The first kappa shape index (κ1) is 24.8. The maximum atomic E-state index is 12.2. The summed E-state index contributed by atoms with van der Waals surface area (Å²) in [4.78, 5) is 35.7. The van der Waals surface area contributed by atoms with Gasteiger partial charge in [-0.15, -0.1) is 0 Å². The van der Waals surface area contributed by atoms with E-state index in [0.717, 1.165) is 25.7 Å². The van der Waals surface area contributed by atoms with Crippen LogP contribution in [0.4, 0.5) is 0 Å². The summed E-state index contributed by atoms with van der Waals surface area (Å²) in [6, 6.07) is 0. The lowest BCUT2D eigenvalue weighted by Gasteiger charge is -2.27. The van der Waals surface area contributed by atoms with Gasteiger partial charge in [-0.2, -0.15) is 0 Å². The van der Waals surface area contributed by atoms with Crippen molar-refractivity contribution in [3.8, 4) is 0 Å². The average Bonchev–Trinajstić information content (AvgIpc) is 2.76. The molecule has 0 unspecified atom stereocenters. The van der Waals surface area contributed by atoms with Crippen molar-refractivity contribution in [3.63, 3.8) is 0 Å². The van der Waals surface area contributed by atoms with Crippen LogP contribution in [0.2, 0.25) is 0 Å². The lowest BCUT2D eigenvalue weighted by atomic mass is 9.81. The molecule has 0 spiro atoms. The fraction of sp³-hybridized carbons (Fsp3) is 0.864. The van der Waals surface area contributed by atoms with Crippen LogP contribution in [-0.2, 0) is 38.1 Å². The normalized spacial score (nSPS) is 26.7. The minimum absolute atomic E-state index is 0.0355. The Hall–Kier alpha value is -1.51. The van der Waals surface area contributed by atoms with Gasteiger partial charge in [-0.1, -0.05) is 0 Å². The highest BCUT2D eigenvalue weighted by atomic mass is 16.7. The van der Waals surface area contributed by atoms with Crippen LogP contribution >= 0.6 is 0 Å². The zero-order chi connectivity index (χ0) is 21.8. The second-order valence-corrected chi connectivity index (χ2v) is 8.31. The van der Waals surface area contributed by atoms with E-state index in [2.05, 4.69) is 0 Å². The van der Waals surface area contributed by atoms with Crippen molar-refractivity contribution in [1.82, 2.24) is 0 Å². The highest BCUT2D eigenvalue weighted by Crippen LogP contribution is 2.31. The molecule has 172 valence electrons. The number of carbonyl (C=O) groups excluding carboxylic acids is 3. The number of rotatable bonds is 12. The molecule has 0 N–H and O–H groups in total. The molecule has 0 saturated heterocycles. The molecule has 0 bridgehead atoms. The summed E-state index contributed by atoms with van der Waals surface area (Å²) in [6.45, 7) is 2.95. The summed E-state index contributed by atoms with van der Waals surface area (Å²) in [7, 11) is 1.58. The van der Waals surface area contributed by atoms with Crippen LogP contribution in [0.5, 0.6) is 0 Å². The van der Waals surface area contributed by atoms with Crippen LogP contribution in [-0.4, -0.2) is 58.2 Å². The molecule has 0 atom stereocenters. The third-order valence-electron chi connectivity index (χ3n) is 6.17. The molecule has 2 saturated carbocycles. The summed E-state index contributed by atoms with van der Waals surface area (Å²) in [5, 5.41) is 0.